The van der Waals surface area contributed by atoms with E-state index in [1.807, 2.05) is 31.2 Å². The molecule has 4 aromatic rings. The molecule has 0 aliphatic rings. The topological polar surface area (TPSA) is 86.0 Å². The highest BCUT2D eigenvalue weighted by atomic mass is 19.4. The fourth-order valence-corrected chi connectivity index (χ4v) is 3.37. The highest BCUT2D eigenvalue weighted by Crippen LogP contribution is 2.27. The molecular formula is C23H21F3N4O2. The number of alkyl halides is 3. The number of ether oxygens (including phenoxy) is 2. The van der Waals surface area contributed by atoms with Crippen molar-refractivity contribution in [2.75, 3.05) is 6.61 Å². The number of H-pyrrole nitrogens is 1. The number of aryl methyl sites for hydroxylation is 1. The van der Waals surface area contributed by atoms with E-state index in [-0.39, 0.29) is 18.4 Å². The molecule has 0 bridgehead atoms. The molecule has 0 aliphatic heterocycles. The van der Waals surface area contributed by atoms with E-state index in [4.69, 9.17) is 10.5 Å². The van der Waals surface area contributed by atoms with E-state index in [1.54, 1.807) is 24.5 Å². The average molecular weight is 442 g/mol. The van der Waals surface area contributed by atoms with Crippen molar-refractivity contribution in [1.82, 2.24) is 15.2 Å². The molecule has 6 nitrogen and oxygen atoms in total. The van der Waals surface area contributed by atoms with E-state index in [1.165, 1.54) is 12.1 Å². The highest BCUT2D eigenvalue weighted by molar-refractivity contribution is 5.86. The number of nitrogens with one attached hydrogen (secondary N) is 1. The molecule has 9 heteroatoms. The molecule has 2 heterocycles. The summed E-state index contributed by atoms with van der Waals surface area (Å²) >= 11 is 0. The Balaban J connectivity index is 1.37. The third-order valence-electron chi connectivity index (χ3n) is 4.92. The third-order valence-corrected chi connectivity index (χ3v) is 4.92. The summed E-state index contributed by atoms with van der Waals surface area (Å²) in [6, 6.07) is 13.2. The molecule has 2 aromatic heterocycles. The molecule has 0 aliphatic carbocycles. The van der Waals surface area contributed by atoms with Gasteiger partial charge in [-0.3, -0.25) is 10.1 Å². The van der Waals surface area contributed by atoms with Gasteiger partial charge >= 0.3 is 6.36 Å². The SMILES string of the molecule is Cc1n[nH]c2ccc(-c3cncc(OC[C@@H](N)Cc4ccc(OC(F)(F)F)cc4)c3)cc12. The van der Waals surface area contributed by atoms with Gasteiger partial charge in [0.2, 0.25) is 0 Å². The van der Waals surface area contributed by atoms with Crippen LogP contribution in [-0.2, 0) is 6.42 Å². The number of benzene rings is 2. The largest absolute Gasteiger partial charge is 0.573 e. The molecule has 0 unspecified atom stereocenters. The van der Waals surface area contributed by atoms with Crippen LogP contribution in [0.5, 0.6) is 11.5 Å². The summed E-state index contributed by atoms with van der Waals surface area (Å²) in [5.74, 6) is 0.314. The van der Waals surface area contributed by atoms with Crippen LogP contribution in [0.3, 0.4) is 0 Å². The summed E-state index contributed by atoms with van der Waals surface area (Å²) in [6.07, 6.45) is -0.900. The lowest BCUT2D eigenvalue weighted by Gasteiger charge is -2.14. The molecule has 1 atom stereocenters. The molecule has 0 amide bonds. The maximum Gasteiger partial charge on any atom is 0.573 e. The van der Waals surface area contributed by atoms with Gasteiger partial charge in [-0.15, -0.1) is 13.2 Å². The Bertz CT molecular complexity index is 1210. The van der Waals surface area contributed by atoms with Crippen molar-refractivity contribution in [2.45, 2.75) is 25.7 Å². The second-order valence-electron chi connectivity index (χ2n) is 7.45. The number of halogens is 3. The molecular weight excluding hydrogens is 421 g/mol. The Morgan fingerprint density at radius 1 is 1.00 bits per heavy atom. The average Bonchev–Trinajstić information content (AvgIpc) is 3.13. The monoisotopic (exact) mass is 442 g/mol. The van der Waals surface area contributed by atoms with Crippen LogP contribution in [0.25, 0.3) is 22.0 Å². The zero-order chi connectivity index (χ0) is 22.7. The Labute approximate surface area is 182 Å². The number of pyridine rings is 1. The predicted molar refractivity (Wildman–Crippen MR) is 114 cm³/mol. The van der Waals surface area contributed by atoms with Crippen LogP contribution in [0.2, 0.25) is 0 Å². The highest BCUT2D eigenvalue weighted by Gasteiger charge is 2.30. The maximum absolute atomic E-state index is 12.3. The molecule has 166 valence electrons. The number of aromatic nitrogens is 3. The predicted octanol–water partition coefficient (Wildman–Crippen LogP) is 4.78. The van der Waals surface area contributed by atoms with Gasteiger partial charge in [0.1, 0.15) is 18.1 Å². The lowest BCUT2D eigenvalue weighted by Crippen LogP contribution is -2.30. The van der Waals surface area contributed by atoms with Crippen molar-refractivity contribution in [1.29, 1.82) is 0 Å². The second kappa shape index (κ2) is 8.88. The van der Waals surface area contributed by atoms with Gasteiger partial charge in [0.25, 0.3) is 0 Å². The maximum atomic E-state index is 12.3. The molecule has 0 spiro atoms. The minimum absolute atomic E-state index is 0.228. The van der Waals surface area contributed by atoms with E-state index in [0.717, 1.165) is 33.3 Å². The fraction of sp³-hybridized carbons (Fsp3) is 0.217. The first-order valence-corrected chi connectivity index (χ1v) is 9.90. The van der Waals surface area contributed by atoms with Crippen LogP contribution in [0.15, 0.2) is 60.9 Å². The Kier molecular flexibility index (Phi) is 6.00. The van der Waals surface area contributed by atoms with Crippen LogP contribution in [0, 0.1) is 6.92 Å². The van der Waals surface area contributed by atoms with Gasteiger partial charge in [-0.25, -0.2) is 0 Å². The van der Waals surface area contributed by atoms with Crippen molar-refractivity contribution < 1.29 is 22.6 Å². The first-order valence-electron chi connectivity index (χ1n) is 9.90. The van der Waals surface area contributed by atoms with E-state index in [9.17, 15) is 13.2 Å². The second-order valence-corrected chi connectivity index (χ2v) is 7.45. The number of rotatable bonds is 7. The smallest absolute Gasteiger partial charge is 0.490 e. The van der Waals surface area contributed by atoms with E-state index in [0.29, 0.717) is 12.2 Å². The van der Waals surface area contributed by atoms with Crippen molar-refractivity contribution in [2.24, 2.45) is 5.73 Å². The summed E-state index contributed by atoms with van der Waals surface area (Å²) in [5, 5.41) is 8.24. The Morgan fingerprint density at radius 3 is 2.53 bits per heavy atom. The van der Waals surface area contributed by atoms with Crippen molar-refractivity contribution in [3.8, 4) is 22.6 Å². The van der Waals surface area contributed by atoms with Crippen LogP contribution in [-0.4, -0.2) is 34.2 Å². The summed E-state index contributed by atoms with van der Waals surface area (Å²) in [4.78, 5) is 4.26. The number of hydrogen-bond donors (Lipinski definition) is 2. The van der Waals surface area contributed by atoms with Crippen LogP contribution >= 0.6 is 0 Å². The molecule has 2 aromatic carbocycles. The first kappa shape index (κ1) is 21.6. The molecule has 3 N–H and O–H groups in total. The number of aromatic amines is 1. The quantitative estimate of drug-likeness (QED) is 0.430. The normalized spacial score (nSPS) is 12.7. The van der Waals surface area contributed by atoms with Crippen molar-refractivity contribution in [3.63, 3.8) is 0 Å². The van der Waals surface area contributed by atoms with Crippen molar-refractivity contribution in [3.05, 3.63) is 72.2 Å². The Hall–Kier alpha value is -3.59. The lowest BCUT2D eigenvalue weighted by atomic mass is 10.0. The number of hydrogen-bond acceptors (Lipinski definition) is 5. The minimum Gasteiger partial charge on any atom is -0.490 e. The molecule has 32 heavy (non-hydrogen) atoms. The van der Waals surface area contributed by atoms with Gasteiger partial charge in [0.15, 0.2) is 0 Å². The molecule has 0 saturated heterocycles. The summed E-state index contributed by atoms with van der Waals surface area (Å²) < 4.78 is 46.4. The molecule has 0 radical (unpaired) electrons. The van der Waals surface area contributed by atoms with E-state index in [2.05, 4.69) is 19.9 Å². The van der Waals surface area contributed by atoms with Crippen molar-refractivity contribution >= 4 is 10.9 Å². The molecule has 4 rings (SSSR count). The van der Waals surface area contributed by atoms with E-state index < -0.39 is 6.36 Å². The summed E-state index contributed by atoms with van der Waals surface area (Å²) in [6.45, 7) is 2.17. The number of nitrogens with two attached hydrogens (primary N) is 1. The van der Waals surface area contributed by atoms with E-state index >= 15 is 0 Å². The minimum atomic E-state index is -4.71. The van der Waals surface area contributed by atoms with Crippen LogP contribution in [0.4, 0.5) is 13.2 Å². The molecule has 0 saturated carbocycles. The Morgan fingerprint density at radius 2 is 1.78 bits per heavy atom. The van der Waals surface area contributed by atoms with Gasteiger partial charge in [-0.05, 0) is 54.8 Å². The fourth-order valence-electron chi connectivity index (χ4n) is 3.37. The molecule has 0 fully saturated rings. The lowest BCUT2D eigenvalue weighted by molar-refractivity contribution is -0.274. The summed E-state index contributed by atoms with van der Waals surface area (Å²) in [5.41, 5.74) is 10.7. The zero-order valence-corrected chi connectivity index (χ0v) is 17.2. The first-order chi connectivity index (χ1) is 15.3. The number of nitrogens with zero attached hydrogens (tertiary/aromatic N) is 2. The van der Waals surface area contributed by atoms with Gasteiger partial charge < -0.3 is 15.2 Å². The number of fused-ring (bicyclic) bond motifs is 1. The third kappa shape index (κ3) is 5.36. The van der Waals surface area contributed by atoms with Crippen LogP contribution < -0.4 is 15.2 Å². The van der Waals surface area contributed by atoms with Gasteiger partial charge in [-0.2, -0.15) is 5.10 Å². The van der Waals surface area contributed by atoms with Crippen LogP contribution in [0.1, 0.15) is 11.3 Å². The summed E-state index contributed by atoms with van der Waals surface area (Å²) in [7, 11) is 0. The zero-order valence-electron chi connectivity index (χ0n) is 17.2. The standard InChI is InChI=1S/C23H21F3N4O2/c1-14-21-10-16(4-7-22(21)30-29-14)17-9-20(12-28-11-17)31-13-18(27)8-15-2-5-19(6-3-15)32-23(24,25)26/h2-7,9-12,18H,8,13,27H2,1H3,(H,29,30)/t18-/m0/s1. The van der Waals surface area contributed by atoms with Gasteiger partial charge in [0, 0.05) is 23.2 Å². The van der Waals surface area contributed by atoms with Gasteiger partial charge in [0.05, 0.1) is 17.4 Å². The van der Waals surface area contributed by atoms with Gasteiger partial charge in [-0.1, -0.05) is 18.2 Å².